The molecule has 1 amide bonds. The van der Waals surface area contributed by atoms with Crippen molar-refractivity contribution in [3.05, 3.63) is 35.9 Å². The van der Waals surface area contributed by atoms with E-state index in [0.29, 0.717) is 19.6 Å². The highest BCUT2D eigenvalue weighted by molar-refractivity contribution is 8.01. The molecule has 2 N–H and O–H groups in total. The minimum atomic E-state index is -0.902. The lowest BCUT2D eigenvalue weighted by molar-refractivity contribution is -0.136. The Morgan fingerprint density at radius 1 is 1.33 bits per heavy atom. The normalized spacial score (nSPS) is 13.4. The summed E-state index contributed by atoms with van der Waals surface area (Å²) in [5, 5.41) is 11.0. The van der Waals surface area contributed by atoms with Crippen molar-refractivity contribution in [1.29, 1.82) is 0 Å². The number of carboxylic acid groups (broad SMARTS) is 1. The summed E-state index contributed by atoms with van der Waals surface area (Å²) in [6.07, 6.45) is 0.399. The smallest absolute Gasteiger partial charge is 0.316 e. The minimum Gasteiger partial charge on any atom is -0.480 e. The predicted molar refractivity (Wildman–Crippen MR) is 83.5 cm³/mol. The molecule has 0 aliphatic rings. The van der Waals surface area contributed by atoms with Crippen LogP contribution < -0.4 is 5.32 Å². The second-order valence-corrected chi connectivity index (χ2v) is 6.13. The SMILES string of the molecule is COCCNC(=O)C(C)SC(Cc1ccccc1)C(=O)O. The summed E-state index contributed by atoms with van der Waals surface area (Å²) < 4.78 is 4.85. The van der Waals surface area contributed by atoms with Crippen LogP contribution in [0.25, 0.3) is 0 Å². The molecule has 0 bridgehead atoms. The number of benzene rings is 1. The number of methoxy groups -OCH3 is 1. The maximum atomic E-state index is 11.8. The van der Waals surface area contributed by atoms with E-state index in [4.69, 9.17) is 4.74 Å². The molecular formula is C15H21NO4S. The Kier molecular flexibility index (Phi) is 7.85. The van der Waals surface area contributed by atoms with Crippen LogP contribution in [-0.2, 0) is 20.7 Å². The molecule has 1 rings (SSSR count). The van der Waals surface area contributed by atoms with Crippen molar-refractivity contribution in [1.82, 2.24) is 5.32 Å². The van der Waals surface area contributed by atoms with Gasteiger partial charge in [-0.05, 0) is 18.9 Å². The molecule has 116 valence electrons. The first-order valence-corrected chi connectivity index (χ1v) is 7.67. The molecule has 0 fully saturated rings. The van der Waals surface area contributed by atoms with Crippen LogP contribution in [-0.4, -0.2) is 47.7 Å². The second-order valence-electron chi connectivity index (χ2n) is 4.58. The predicted octanol–water partition coefficient (Wildman–Crippen LogP) is 1.57. The molecule has 1 aromatic carbocycles. The number of ether oxygens (including phenoxy) is 1. The molecule has 0 aliphatic heterocycles. The fraction of sp³-hybridized carbons (Fsp3) is 0.467. The van der Waals surface area contributed by atoms with Crippen LogP contribution in [0.1, 0.15) is 12.5 Å². The first-order chi connectivity index (χ1) is 10.0. The van der Waals surface area contributed by atoms with E-state index in [0.717, 1.165) is 17.3 Å². The Morgan fingerprint density at radius 3 is 2.57 bits per heavy atom. The largest absolute Gasteiger partial charge is 0.480 e. The number of carboxylic acids is 1. The van der Waals surface area contributed by atoms with Crippen LogP contribution in [0.5, 0.6) is 0 Å². The molecule has 0 heterocycles. The number of amides is 1. The van der Waals surface area contributed by atoms with Gasteiger partial charge in [-0.1, -0.05) is 30.3 Å². The Morgan fingerprint density at radius 2 is 2.00 bits per heavy atom. The topological polar surface area (TPSA) is 75.6 Å². The van der Waals surface area contributed by atoms with Gasteiger partial charge < -0.3 is 15.2 Å². The molecule has 0 saturated carbocycles. The lowest BCUT2D eigenvalue weighted by Crippen LogP contribution is -2.35. The van der Waals surface area contributed by atoms with Crippen LogP contribution in [0.3, 0.4) is 0 Å². The molecular weight excluding hydrogens is 290 g/mol. The summed E-state index contributed by atoms with van der Waals surface area (Å²) in [6.45, 7) is 2.58. The number of aliphatic carboxylic acids is 1. The molecule has 0 aromatic heterocycles. The third-order valence-corrected chi connectivity index (χ3v) is 4.20. The molecule has 6 heteroatoms. The lowest BCUT2D eigenvalue weighted by atomic mass is 10.1. The Bertz CT molecular complexity index is 452. The van der Waals surface area contributed by atoms with E-state index < -0.39 is 16.5 Å². The van der Waals surface area contributed by atoms with E-state index >= 15 is 0 Å². The molecule has 21 heavy (non-hydrogen) atoms. The van der Waals surface area contributed by atoms with Gasteiger partial charge in [-0.25, -0.2) is 0 Å². The van der Waals surface area contributed by atoms with Gasteiger partial charge in [-0.3, -0.25) is 9.59 Å². The van der Waals surface area contributed by atoms with Gasteiger partial charge in [0.15, 0.2) is 0 Å². The molecule has 0 spiro atoms. The zero-order valence-electron chi connectivity index (χ0n) is 12.2. The first-order valence-electron chi connectivity index (χ1n) is 6.73. The molecule has 2 unspecified atom stereocenters. The summed E-state index contributed by atoms with van der Waals surface area (Å²) in [7, 11) is 1.56. The highest BCUT2D eigenvalue weighted by atomic mass is 32.2. The molecule has 2 atom stereocenters. The number of rotatable bonds is 9. The molecule has 0 aliphatic carbocycles. The van der Waals surface area contributed by atoms with E-state index in [1.54, 1.807) is 14.0 Å². The van der Waals surface area contributed by atoms with Crippen LogP contribution in [0.4, 0.5) is 0 Å². The number of hydrogen-bond donors (Lipinski definition) is 2. The maximum Gasteiger partial charge on any atom is 0.316 e. The van der Waals surface area contributed by atoms with Crippen molar-refractivity contribution in [3.63, 3.8) is 0 Å². The number of nitrogens with one attached hydrogen (secondary N) is 1. The van der Waals surface area contributed by atoms with Gasteiger partial charge in [-0.15, -0.1) is 11.8 Å². The van der Waals surface area contributed by atoms with Crippen molar-refractivity contribution >= 4 is 23.6 Å². The van der Waals surface area contributed by atoms with E-state index in [2.05, 4.69) is 5.32 Å². The minimum absolute atomic E-state index is 0.170. The number of hydrogen-bond acceptors (Lipinski definition) is 4. The van der Waals surface area contributed by atoms with Crippen molar-refractivity contribution in [3.8, 4) is 0 Å². The standard InChI is InChI=1S/C15H21NO4S/c1-11(14(17)16-8-9-20-2)21-13(15(18)19)10-12-6-4-3-5-7-12/h3-7,11,13H,8-10H2,1-2H3,(H,16,17)(H,18,19). The quantitative estimate of drug-likeness (QED) is 0.677. The Labute approximate surface area is 129 Å². The summed E-state index contributed by atoms with van der Waals surface area (Å²) in [5.41, 5.74) is 0.949. The third kappa shape index (κ3) is 6.64. The molecule has 5 nitrogen and oxygen atoms in total. The zero-order valence-corrected chi connectivity index (χ0v) is 13.1. The van der Waals surface area contributed by atoms with E-state index in [-0.39, 0.29) is 5.91 Å². The Balaban J connectivity index is 2.54. The Hall–Kier alpha value is -1.53. The molecule has 0 saturated heterocycles. The van der Waals surface area contributed by atoms with Gasteiger partial charge in [0, 0.05) is 13.7 Å². The fourth-order valence-electron chi connectivity index (χ4n) is 1.75. The van der Waals surface area contributed by atoms with Crippen molar-refractivity contribution in [2.24, 2.45) is 0 Å². The summed E-state index contributed by atoms with van der Waals surface area (Å²) >= 11 is 1.16. The highest BCUT2D eigenvalue weighted by Gasteiger charge is 2.24. The highest BCUT2D eigenvalue weighted by Crippen LogP contribution is 2.22. The number of thioether (sulfide) groups is 1. The van der Waals surface area contributed by atoms with Crippen LogP contribution in [0.15, 0.2) is 30.3 Å². The van der Waals surface area contributed by atoms with Crippen molar-refractivity contribution < 1.29 is 19.4 Å². The first kappa shape index (κ1) is 17.5. The monoisotopic (exact) mass is 311 g/mol. The lowest BCUT2D eigenvalue weighted by Gasteiger charge is -2.17. The van der Waals surface area contributed by atoms with Gasteiger partial charge in [0.25, 0.3) is 0 Å². The van der Waals surface area contributed by atoms with Crippen molar-refractivity contribution in [2.75, 3.05) is 20.3 Å². The number of carbonyl (C=O) groups excluding carboxylic acids is 1. The van der Waals surface area contributed by atoms with Gasteiger partial charge in [0.05, 0.1) is 11.9 Å². The summed E-state index contributed by atoms with van der Waals surface area (Å²) in [4.78, 5) is 23.2. The summed E-state index contributed by atoms with van der Waals surface area (Å²) in [6, 6.07) is 9.41. The van der Waals surface area contributed by atoms with Crippen molar-refractivity contribution in [2.45, 2.75) is 23.8 Å². The average Bonchev–Trinajstić information content (AvgIpc) is 2.47. The van der Waals surface area contributed by atoms with E-state index in [1.165, 1.54) is 0 Å². The van der Waals surface area contributed by atoms with E-state index in [9.17, 15) is 14.7 Å². The zero-order chi connectivity index (χ0) is 15.7. The summed E-state index contributed by atoms with van der Waals surface area (Å²) in [5.74, 6) is -1.07. The van der Waals surface area contributed by atoms with Gasteiger partial charge in [0.1, 0.15) is 5.25 Å². The van der Waals surface area contributed by atoms with E-state index in [1.807, 2.05) is 30.3 Å². The average molecular weight is 311 g/mol. The van der Waals surface area contributed by atoms with Crippen LogP contribution in [0.2, 0.25) is 0 Å². The van der Waals surface area contributed by atoms with Gasteiger partial charge in [-0.2, -0.15) is 0 Å². The molecule has 1 aromatic rings. The van der Waals surface area contributed by atoms with Gasteiger partial charge in [0.2, 0.25) is 5.91 Å². The molecule has 0 radical (unpaired) electrons. The third-order valence-electron chi connectivity index (χ3n) is 2.88. The fourth-order valence-corrected chi connectivity index (χ4v) is 2.85. The maximum absolute atomic E-state index is 11.8. The number of carbonyl (C=O) groups is 2. The van der Waals surface area contributed by atoms with Crippen LogP contribution >= 0.6 is 11.8 Å². The second kappa shape index (κ2) is 9.41. The van der Waals surface area contributed by atoms with Crippen LogP contribution in [0, 0.1) is 0 Å². The van der Waals surface area contributed by atoms with Gasteiger partial charge >= 0.3 is 5.97 Å².